The summed E-state index contributed by atoms with van der Waals surface area (Å²) in [5, 5.41) is 12.5. The SMILES string of the molecule is O=C(O)CCc1cccc(NC2CCC3(CCOCC3)CC2)c1. The molecule has 2 N–H and O–H groups in total. The van der Waals surface area contributed by atoms with Crippen LogP contribution in [0, 0.1) is 5.41 Å². The maximum absolute atomic E-state index is 10.7. The van der Waals surface area contributed by atoms with Crippen molar-refractivity contribution in [3.05, 3.63) is 29.8 Å². The first-order valence-electron chi connectivity index (χ1n) is 8.80. The zero-order valence-corrected chi connectivity index (χ0v) is 13.7. The number of carboxylic acid groups (broad SMARTS) is 1. The van der Waals surface area contributed by atoms with E-state index in [1.54, 1.807) is 0 Å². The van der Waals surface area contributed by atoms with Crippen molar-refractivity contribution in [3.8, 4) is 0 Å². The summed E-state index contributed by atoms with van der Waals surface area (Å²) in [6.45, 7) is 1.87. The van der Waals surface area contributed by atoms with Gasteiger partial charge in [-0.3, -0.25) is 4.79 Å². The molecule has 0 amide bonds. The third kappa shape index (κ3) is 4.47. The molecule has 2 aliphatic rings. The summed E-state index contributed by atoms with van der Waals surface area (Å²) in [6, 6.07) is 8.75. The largest absolute Gasteiger partial charge is 0.481 e. The van der Waals surface area contributed by atoms with Crippen LogP contribution < -0.4 is 5.32 Å². The van der Waals surface area contributed by atoms with Gasteiger partial charge in [-0.2, -0.15) is 0 Å². The number of aliphatic carboxylic acids is 1. The van der Waals surface area contributed by atoms with Gasteiger partial charge in [0.15, 0.2) is 0 Å². The predicted molar refractivity (Wildman–Crippen MR) is 90.8 cm³/mol. The van der Waals surface area contributed by atoms with E-state index in [2.05, 4.69) is 17.4 Å². The Hall–Kier alpha value is -1.55. The van der Waals surface area contributed by atoms with Crippen LogP contribution in [-0.2, 0) is 16.0 Å². The first-order chi connectivity index (χ1) is 11.2. The van der Waals surface area contributed by atoms with E-state index in [9.17, 15) is 4.79 Å². The maximum Gasteiger partial charge on any atom is 0.303 e. The van der Waals surface area contributed by atoms with E-state index in [1.165, 1.54) is 38.5 Å². The van der Waals surface area contributed by atoms with E-state index in [0.717, 1.165) is 24.5 Å². The molecule has 1 aromatic carbocycles. The molecule has 1 saturated carbocycles. The van der Waals surface area contributed by atoms with Gasteiger partial charge >= 0.3 is 5.97 Å². The van der Waals surface area contributed by atoms with Crippen LogP contribution >= 0.6 is 0 Å². The van der Waals surface area contributed by atoms with Crippen molar-refractivity contribution in [2.24, 2.45) is 5.41 Å². The molecule has 2 fully saturated rings. The Balaban J connectivity index is 1.52. The van der Waals surface area contributed by atoms with Crippen LogP contribution in [0.25, 0.3) is 0 Å². The Labute approximate surface area is 138 Å². The van der Waals surface area contributed by atoms with E-state index in [-0.39, 0.29) is 6.42 Å². The lowest BCUT2D eigenvalue weighted by Crippen LogP contribution is -2.37. The molecule has 23 heavy (non-hydrogen) atoms. The highest BCUT2D eigenvalue weighted by molar-refractivity contribution is 5.67. The summed E-state index contributed by atoms with van der Waals surface area (Å²) < 4.78 is 5.52. The van der Waals surface area contributed by atoms with Crippen LogP contribution in [0.1, 0.15) is 50.5 Å². The number of hydrogen-bond acceptors (Lipinski definition) is 3. The van der Waals surface area contributed by atoms with Gasteiger partial charge in [0.05, 0.1) is 0 Å². The molecule has 0 unspecified atom stereocenters. The zero-order valence-electron chi connectivity index (χ0n) is 13.7. The Bertz CT molecular complexity index is 527. The number of ether oxygens (including phenoxy) is 1. The van der Waals surface area contributed by atoms with Gasteiger partial charge in [-0.15, -0.1) is 0 Å². The van der Waals surface area contributed by atoms with Gasteiger partial charge in [0, 0.05) is 31.4 Å². The molecule has 0 radical (unpaired) electrons. The lowest BCUT2D eigenvalue weighted by molar-refractivity contribution is -0.136. The van der Waals surface area contributed by atoms with Crippen molar-refractivity contribution in [2.75, 3.05) is 18.5 Å². The summed E-state index contributed by atoms with van der Waals surface area (Å²) in [7, 11) is 0. The third-order valence-corrected chi connectivity index (χ3v) is 5.53. The molecule has 1 heterocycles. The van der Waals surface area contributed by atoms with Crippen LogP contribution in [-0.4, -0.2) is 30.3 Å². The number of carbonyl (C=O) groups is 1. The van der Waals surface area contributed by atoms with Crippen molar-refractivity contribution < 1.29 is 14.6 Å². The molecule has 4 nitrogen and oxygen atoms in total. The fourth-order valence-corrected chi connectivity index (χ4v) is 3.98. The van der Waals surface area contributed by atoms with Gasteiger partial charge in [-0.25, -0.2) is 0 Å². The normalized spacial score (nSPS) is 21.2. The minimum Gasteiger partial charge on any atom is -0.481 e. The van der Waals surface area contributed by atoms with Gasteiger partial charge < -0.3 is 15.2 Å². The topological polar surface area (TPSA) is 58.6 Å². The van der Waals surface area contributed by atoms with Crippen molar-refractivity contribution >= 4 is 11.7 Å². The molecule has 0 bridgehead atoms. The number of nitrogens with one attached hydrogen (secondary N) is 1. The molecular formula is C19H27NO3. The Morgan fingerprint density at radius 3 is 2.65 bits per heavy atom. The second kappa shape index (κ2) is 7.35. The third-order valence-electron chi connectivity index (χ3n) is 5.53. The Morgan fingerprint density at radius 1 is 1.22 bits per heavy atom. The lowest BCUT2D eigenvalue weighted by atomic mass is 9.68. The second-order valence-corrected chi connectivity index (χ2v) is 7.13. The van der Waals surface area contributed by atoms with E-state index < -0.39 is 5.97 Å². The zero-order chi connectivity index (χ0) is 16.1. The number of aryl methyl sites for hydroxylation is 1. The number of benzene rings is 1. The standard InChI is InChI=1S/C19H27NO3/c21-18(22)5-4-15-2-1-3-17(14-15)20-16-6-8-19(9-7-16)10-12-23-13-11-19/h1-3,14,16,20H,4-13H2,(H,21,22). The van der Waals surface area contributed by atoms with Crippen LogP contribution in [0.3, 0.4) is 0 Å². The Kier molecular flexibility index (Phi) is 5.21. The Morgan fingerprint density at radius 2 is 1.96 bits per heavy atom. The predicted octanol–water partition coefficient (Wildman–Crippen LogP) is 3.86. The monoisotopic (exact) mass is 317 g/mol. The van der Waals surface area contributed by atoms with Crippen LogP contribution in [0.4, 0.5) is 5.69 Å². The minimum atomic E-state index is -0.739. The molecular weight excluding hydrogens is 290 g/mol. The van der Waals surface area contributed by atoms with E-state index in [4.69, 9.17) is 9.84 Å². The summed E-state index contributed by atoms with van der Waals surface area (Å²) in [4.78, 5) is 10.7. The van der Waals surface area contributed by atoms with E-state index in [0.29, 0.717) is 17.9 Å². The number of carboxylic acids is 1. The number of hydrogen-bond donors (Lipinski definition) is 2. The highest BCUT2D eigenvalue weighted by Crippen LogP contribution is 2.44. The molecule has 1 aliphatic carbocycles. The molecule has 1 saturated heterocycles. The number of rotatable bonds is 5. The van der Waals surface area contributed by atoms with Crippen LogP contribution in [0.5, 0.6) is 0 Å². The summed E-state index contributed by atoms with van der Waals surface area (Å²) in [6.07, 6.45) is 8.28. The van der Waals surface area contributed by atoms with Crippen molar-refractivity contribution in [3.63, 3.8) is 0 Å². The summed E-state index contributed by atoms with van der Waals surface area (Å²) in [5.41, 5.74) is 2.76. The van der Waals surface area contributed by atoms with Crippen molar-refractivity contribution in [2.45, 2.75) is 57.4 Å². The molecule has 1 spiro atoms. The van der Waals surface area contributed by atoms with Crippen molar-refractivity contribution in [1.82, 2.24) is 0 Å². The van der Waals surface area contributed by atoms with Gasteiger partial charge in [0.1, 0.15) is 0 Å². The lowest BCUT2D eigenvalue weighted by Gasteiger charge is -2.43. The average molecular weight is 317 g/mol. The number of anilines is 1. The molecule has 3 rings (SSSR count). The van der Waals surface area contributed by atoms with Gasteiger partial charge in [0.2, 0.25) is 0 Å². The molecule has 0 atom stereocenters. The summed E-state index contributed by atoms with van der Waals surface area (Å²) >= 11 is 0. The van der Waals surface area contributed by atoms with Gasteiger partial charge in [-0.1, -0.05) is 12.1 Å². The maximum atomic E-state index is 10.7. The molecule has 126 valence electrons. The van der Waals surface area contributed by atoms with Gasteiger partial charge in [-0.05, 0) is 68.1 Å². The quantitative estimate of drug-likeness (QED) is 0.866. The highest BCUT2D eigenvalue weighted by atomic mass is 16.5. The second-order valence-electron chi connectivity index (χ2n) is 7.13. The average Bonchev–Trinajstić information content (AvgIpc) is 2.57. The van der Waals surface area contributed by atoms with Crippen LogP contribution in [0.15, 0.2) is 24.3 Å². The fourth-order valence-electron chi connectivity index (χ4n) is 3.98. The summed E-state index contributed by atoms with van der Waals surface area (Å²) in [5.74, 6) is -0.739. The molecule has 1 aliphatic heterocycles. The van der Waals surface area contributed by atoms with Gasteiger partial charge in [0.25, 0.3) is 0 Å². The smallest absolute Gasteiger partial charge is 0.303 e. The van der Waals surface area contributed by atoms with E-state index >= 15 is 0 Å². The minimum absolute atomic E-state index is 0.192. The molecule has 1 aromatic rings. The molecule has 4 heteroatoms. The van der Waals surface area contributed by atoms with Crippen LogP contribution in [0.2, 0.25) is 0 Å². The highest BCUT2D eigenvalue weighted by Gasteiger charge is 2.36. The first-order valence-corrected chi connectivity index (χ1v) is 8.80. The van der Waals surface area contributed by atoms with E-state index in [1.807, 2.05) is 12.1 Å². The first kappa shape index (κ1) is 16.3. The molecule has 0 aromatic heterocycles. The van der Waals surface area contributed by atoms with Crippen molar-refractivity contribution in [1.29, 1.82) is 0 Å². The fraction of sp³-hybridized carbons (Fsp3) is 0.632.